The van der Waals surface area contributed by atoms with Crippen LogP contribution in [0.5, 0.6) is 0 Å². The van der Waals surface area contributed by atoms with Gasteiger partial charge in [0.15, 0.2) is 0 Å². The van der Waals surface area contributed by atoms with Gasteiger partial charge in [0.05, 0.1) is 5.56 Å². The molecule has 2 amide bonds. The van der Waals surface area contributed by atoms with Gasteiger partial charge in [-0.05, 0) is 47.4 Å². The summed E-state index contributed by atoms with van der Waals surface area (Å²) in [4.78, 5) is 35.8. The molecule has 1 unspecified atom stereocenters. The molecule has 0 saturated carbocycles. The summed E-state index contributed by atoms with van der Waals surface area (Å²) in [5, 5.41) is 13.9. The maximum atomic E-state index is 13.5. The molecule has 0 aromatic heterocycles. The summed E-state index contributed by atoms with van der Waals surface area (Å²) in [6.45, 7) is 1.56. The maximum absolute atomic E-state index is 13.5. The number of hydrogen-bond acceptors (Lipinski definition) is 4. The van der Waals surface area contributed by atoms with Gasteiger partial charge >= 0.3 is 12.1 Å². The highest BCUT2D eigenvalue weighted by Crippen LogP contribution is 2.44. The van der Waals surface area contributed by atoms with Crippen molar-refractivity contribution >= 4 is 23.7 Å². The van der Waals surface area contributed by atoms with Gasteiger partial charge in [-0.3, -0.25) is 4.79 Å². The third-order valence-corrected chi connectivity index (χ3v) is 5.54. The van der Waals surface area contributed by atoms with E-state index < -0.39 is 35.4 Å². The van der Waals surface area contributed by atoms with Gasteiger partial charge in [0.1, 0.15) is 18.5 Å². The lowest BCUT2D eigenvalue weighted by Crippen LogP contribution is -2.42. The minimum Gasteiger partial charge on any atom is -0.478 e. The van der Waals surface area contributed by atoms with E-state index in [0.29, 0.717) is 0 Å². The SMILES string of the molecule is CC(NC(=O)OCC1c2ccccc2-c2ccccc21)C(=O)Nc1ccc(F)c(C(=O)O)c1. The molecule has 4 rings (SSSR count). The van der Waals surface area contributed by atoms with E-state index in [1.165, 1.54) is 13.0 Å². The number of fused-ring (bicyclic) bond motifs is 3. The van der Waals surface area contributed by atoms with Crippen molar-refractivity contribution in [2.45, 2.75) is 18.9 Å². The molecule has 0 radical (unpaired) electrons. The number of nitrogens with one attached hydrogen (secondary N) is 2. The summed E-state index contributed by atoms with van der Waals surface area (Å²) in [6.07, 6.45) is -0.759. The number of alkyl carbamates (subject to hydrolysis) is 1. The number of anilines is 1. The van der Waals surface area contributed by atoms with Crippen molar-refractivity contribution in [3.05, 3.63) is 89.2 Å². The highest BCUT2D eigenvalue weighted by atomic mass is 19.1. The molecular formula is C25H21FN2O5. The van der Waals surface area contributed by atoms with Crippen molar-refractivity contribution in [2.24, 2.45) is 0 Å². The molecule has 1 atom stereocenters. The predicted octanol–water partition coefficient (Wildman–Crippen LogP) is 4.39. The molecule has 1 aliphatic carbocycles. The van der Waals surface area contributed by atoms with Crippen molar-refractivity contribution < 1.29 is 28.6 Å². The molecule has 0 fully saturated rings. The predicted molar refractivity (Wildman–Crippen MR) is 120 cm³/mol. The van der Waals surface area contributed by atoms with Gasteiger partial charge in [0, 0.05) is 11.6 Å². The first kappa shape index (κ1) is 22.0. The van der Waals surface area contributed by atoms with E-state index in [0.717, 1.165) is 34.4 Å². The first-order valence-electron chi connectivity index (χ1n) is 10.3. The molecule has 8 heteroatoms. The van der Waals surface area contributed by atoms with E-state index >= 15 is 0 Å². The number of hydrogen-bond donors (Lipinski definition) is 3. The zero-order chi connectivity index (χ0) is 23.5. The average molecular weight is 448 g/mol. The normalized spacial score (nSPS) is 12.9. The van der Waals surface area contributed by atoms with Gasteiger partial charge in [0.2, 0.25) is 5.91 Å². The molecule has 3 N–H and O–H groups in total. The Morgan fingerprint density at radius 1 is 1.00 bits per heavy atom. The Kier molecular flexibility index (Phi) is 6.08. The third-order valence-electron chi connectivity index (χ3n) is 5.54. The molecule has 0 heterocycles. The number of carboxylic acids is 1. The molecule has 0 spiro atoms. The summed E-state index contributed by atoms with van der Waals surface area (Å²) in [5.41, 5.74) is 3.89. The second-order valence-corrected chi connectivity index (χ2v) is 7.68. The Labute approximate surface area is 189 Å². The fourth-order valence-corrected chi connectivity index (χ4v) is 3.90. The molecule has 0 bridgehead atoms. The number of carbonyl (C=O) groups excluding carboxylic acids is 2. The fourth-order valence-electron chi connectivity index (χ4n) is 3.90. The summed E-state index contributed by atoms with van der Waals surface area (Å²) in [7, 11) is 0. The second-order valence-electron chi connectivity index (χ2n) is 7.68. The number of amides is 2. The number of halogens is 1. The zero-order valence-corrected chi connectivity index (χ0v) is 17.7. The van der Waals surface area contributed by atoms with Gasteiger partial charge in [-0.25, -0.2) is 14.0 Å². The van der Waals surface area contributed by atoms with Crippen LogP contribution in [0.2, 0.25) is 0 Å². The summed E-state index contributed by atoms with van der Waals surface area (Å²) < 4.78 is 18.9. The van der Waals surface area contributed by atoms with Crippen LogP contribution in [0.15, 0.2) is 66.7 Å². The van der Waals surface area contributed by atoms with Crippen LogP contribution in [0.4, 0.5) is 14.9 Å². The lowest BCUT2D eigenvalue weighted by atomic mass is 9.98. The van der Waals surface area contributed by atoms with Gasteiger partial charge in [-0.2, -0.15) is 0 Å². The Morgan fingerprint density at radius 2 is 1.61 bits per heavy atom. The number of ether oxygens (including phenoxy) is 1. The van der Waals surface area contributed by atoms with Crippen molar-refractivity contribution in [2.75, 3.05) is 11.9 Å². The van der Waals surface area contributed by atoms with E-state index in [-0.39, 0.29) is 18.2 Å². The molecule has 1 aliphatic rings. The molecule has 33 heavy (non-hydrogen) atoms. The van der Waals surface area contributed by atoms with Crippen LogP contribution in [0, 0.1) is 5.82 Å². The van der Waals surface area contributed by atoms with Gasteiger partial charge in [0.25, 0.3) is 0 Å². The summed E-state index contributed by atoms with van der Waals surface area (Å²) in [6, 6.07) is 18.1. The van der Waals surface area contributed by atoms with Crippen LogP contribution < -0.4 is 10.6 Å². The van der Waals surface area contributed by atoms with Crippen LogP contribution in [0.3, 0.4) is 0 Å². The fraction of sp³-hybridized carbons (Fsp3) is 0.160. The number of benzene rings is 3. The lowest BCUT2D eigenvalue weighted by Gasteiger charge is -2.17. The highest BCUT2D eigenvalue weighted by Gasteiger charge is 2.29. The Hall–Kier alpha value is -4.20. The first-order chi connectivity index (χ1) is 15.8. The Balaban J connectivity index is 1.36. The third kappa shape index (κ3) is 4.55. The van der Waals surface area contributed by atoms with Crippen LogP contribution in [0.25, 0.3) is 11.1 Å². The monoisotopic (exact) mass is 448 g/mol. The van der Waals surface area contributed by atoms with Crippen molar-refractivity contribution in [3.8, 4) is 11.1 Å². The molecule has 0 aliphatic heterocycles. The molecule has 168 valence electrons. The van der Waals surface area contributed by atoms with Crippen LogP contribution in [0.1, 0.15) is 34.3 Å². The van der Waals surface area contributed by atoms with Crippen molar-refractivity contribution in [1.29, 1.82) is 0 Å². The minimum atomic E-state index is -1.45. The van der Waals surface area contributed by atoms with Crippen molar-refractivity contribution in [1.82, 2.24) is 5.32 Å². The molecule has 0 saturated heterocycles. The Bertz CT molecular complexity index is 1200. The van der Waals surface area contributed by atoms with Crippen LogP contribution >= 0.6 is 0 Å². The number of rotatable bonds is 6. The van der Waals surface area contributed by atoms with Gasteiger partial charge in [-0.1, -0.05) is 48.5 Å². The number of aromatic carboxylic acids is 1. The largest absolute Gasteiger partial charge is 0.478 e. The molecule has 7 nitrogen and oxygen atoms in total. The first-order valence-corrected chi connectivity index (χ1v) is 10.3. The van der Waals surface area contributed by atoms with Crippen LogP contribution in [-0.4, -0.2) is 35.7 Å². The highest BCUT2D eigenvalue weighted by molar-refractivity contribution is 5.97. The smallest absolute Gasteiger partial charge is 0.407 e. The van der Waals surface area contributed by atoms with E-state index in [1.807, 2.05) is 48.5 Å². The minimum absolute atomic E-state index is 0.0972. The zero-order valence-electron chi connectivity index (χ0n) is 17.7. The average Bonchev–Trinajstić information content (AvgIpc) is 3.12. The number of carboxylic acid groups (broad SMARTS) is 1. The van der Waals surface area contributed by atoms with E-state index in [9.17, 15) is 18.8 Å². The summed E-state index contributed by atoms with van der Waals surface area (Å²) >= 11 is 0. The second kappa shape index (κ2) is 9.12. The standard InChI is InChI=1S/C25H21FN2O5/c1-14(23(29)28-15-10-11-22(26)20(12-15)24(30)31)27-25(32)33-13-21-18-8-4-2-6-16(18)17-7-3-5-9-19(17)21/h2-12,14,21H,13H2,1H3,(H,27,32)(H,28,29)(H,30,31). The van der Waals surface area contributed by atoms with Crippen LogP contribution in [-0.2, 0) is 9.53 Å². The summed E-state index contributed by atoms with van der Waals surface area (Å²) in [5.74, 6) is -3.08. The quantitative estimate of drug-likeness (QED) is 0.519. The van der Waals surface area contributed by atoms with E-state index in [2.05, 4.69) is 10.6 Å². The lowest BCUT2D eigenvalue weighted by molar-refractivity contribution is -0.117. The van der Waals surface area contributed by atoms with E-state index in [4.69, 9.17) is 9.84 Å². The maximum Gasteiger partial charge on any atom is 0.407 e. The van der Waals surface area contributed by atoms with E-state index in [1.54, 1.807) is 0 Å². The number of carbonyl (C=O) groups is 3. The Morgan fingerprint density at radius 3 is 2.21 bits per heavy atom. The molecule has 3 aromatic rings. The van der Waals surface area contributed by atoms with Gasteiger partial charge < -0.3 is 20.5 Å². The van der Waals surface area contributed by atoms with Gasteiger partial charge in [-0.15, -0.1) is 0 Å². The molecular weight excluding hydrogens is 427 g/mol. The topological polar surface area (TPSA) is 105 Å². The van der Waals surface area contributed by atoms with Crippen molar-refractivity contribution in [3.63, 3.8) is 0 Å². The molecule has 3 aromatic carbocycles.